The quantitative estimate of drug-likeness (QED) is 0.522. The average Bonchev–Trinajstić information content (AvgIpc) is 2.41. The molecule has 126 valence electrons. The molecule has 0 spiro atoms. The first kappa shape index (κ1) is 20.2. The third kappa shape index (κ3) is 8.98. The van der Waals surface area contributed by atoms with Crippen LogP contribution in [-0.4, -0.2) is 29.8 Å². The number of ether oxygens (including phenoxy) is 2. The van der Waals surface area contributed by atoms with Gasteiger partial charge in [-0.3, -0.25) is 10.1 Å². The fraction of sp³-hybridized carbons (Fsp3) is 0.438. The molecule has 1 aromatic rings. The number of rotatable bonds is 4. The van der Waals surface area contributed by atoms with Crippen LogP contribution in [-0.2, 0) is 4.74 Å². The minimum Gasteiger partial charge on any atom is -0.481 e. The highest BCUT2D eigenvalue weighted by molar-refractivity contribution is 5.67. The molecule has 0 aromatic heterocycles. The Morgan fingerprint density at radius 3 is 2.39 bits per heavy atom. The van der Waals surface area contributed by atoms with E-state index < -0.39 is 16.6 Å². The Bertz CT molecular complexity index is 579. The summed E-state index contributed by atoms with van der Waals surface area (Å²) < 4.78 is 10.3. The number of nitro benzene ring substituents is 1. The highest BCUT2D eigenvalue weighted by Gasteiger charge is 2.14. The van der Waals surface area contributed by atoms with Gasteiger partial charge in [-0.15, -0.1) is 0 Å². The van der Waals surface area contributed by atoms with Crippen LogP contribution >= 0.6 is 0 Å². The molecule has 1 aromatic carbocycles. The first-order valence-electron chi connectivity index (χ1n) is 6.58. The number of nitrogens with one attached hydrogen (secondary N) is 1. The van der Waals surface area contributed by atoms with Gasteiger partial charge in [-0.1, -0.05) is 19.3 Å². The van der Waals surface area contributed by atoms with Crippen LogP contribution < -0.4 is 10.1 Å². The SMILES string of the molecule is C.CC(C)(C)OC(=O)NCC#CCOc1ccc([N+](=O)[O-])cc1. The van der Waals surface area contributed by atoms with Crippen LogP contribution in [0.15, 0.2) is 24.3 Å². The van der Waals surface area contributed by atoms with E-state index in [0.717, 1.165) is 0 Å². The van der Waals surface area contributed by atoms with Crippen molar-refractivity contribution < 1.29 is 19.2 Å². The minimum absolute atomic E-state index is 0. The molecule has 7 nitrogen and oxygen atoms in total. The summed E-state index contributed by atoms with van der Waals surface area (Å²) in [4.78, 5) is 21.3. The molecule has 0 unspecified atom stereocenters. The first-order valence-corrected chi connectivity index (χ1v) is 6.58. The molecule has 0 heterocycles. The highest BCUT2D eigenvalue weighted by atomic mass is 16.6. The van der Waals surface area contributed by atoms with Crippen molar-refractivity contribution in [3.63, 3.8) is 0 Å². The van der Waals surface area contributed by atoms with E-state index in [1.54, 1.807) is 20.8 Å². The van der Waals surface area contributed by atoms with E-state index in [0.29, 0.717) is 5.75 Å². The number of nitrogens with zero attached hydrogens (tertiary/aromatic N) is 1. The normalized spacial score (nSPS) is 9.70. The molecule has 0 fully saturated rings. The van der Waals surface area contributed by atoms with Crippen LogP contribution in [0.2, 0.25) is 0 Å². The maximum Gasteiger partial charge on any atom is 0.408 e. The lowest BCUT2D eigenvalue weighted by molar-refractivity contribution is -0.384. The summed E-state index contributed by atoms with van der Waals surface area (Å²) in [5.41, 5.74) is -0.545. The van der Waals surface area contributed by atoms with E-state index in [9.17, 15) is 14.9 Å². The number of hydrogen-bond acceptors (Lipinski definition) is 5. The number of amides is 1. The van der Waals surface area contributed by atoms with Crippen LogP contribution in [0.4, 0.5) is 10.5 Å². The Labute approximate surface area is 136 Å². The van der Waals surface area contributed by atoms with Gasteiger partial charge in [-0.25, -0.2) is 4.79 Å². The molecule has 0 aliphatic rings. The van der Waals surface area contributed by atoms with Gasteiger partial charge in [0.2, 0.25) is 0 Å². The van der Waals surface area contributed by atoms with Gasteiger partial charge in [0.05, 0.1) is 11.5 Å². The number of hydrogen-bond donors (Lipinski definition) is 1. The second-order valence-corrected chi connectivity index (χ2v) is 5.25. The maximum absolute atomic E-state index is 11.3. The first-order chi connectivity index (χ1) is 10.3. The minimum atomic E-state index is -0.545. The molecule has 1 amide bonds. The van der Waals surface area contributed by atoms with Crippen molar-refractivity contribution in [2.75, 3.05) is 13.2 Å². The summed E-state index contributed by atoms with van der Waals surface area (Å²) in [5, 5.41) is 13.0. The second kappa shape index (κ2) is 9.30. The van der Waals surface area contributed by atoms with Crippen molar-refractivity contribution >= 4 is 11.8 Å². The van der Waals surface area contributed by atoms with Crippen molar-refractivity contribution in [2.24, 2.45) is 0 Å². The van der Waals surface area contributed by atoms with Gasteiger partial charge in [0.15, 0.2) is 0 Å². The van der Waals surface area contributed by atoms with Gasteiger partial charge < -0.3 is 14.8 Å². The summed E-state index contributed by atoms with van der Waals surface area (Å²) in [6, 6.07) is 5.71. The molecule has 0 saturated heterocycles. The zero-order valence-electron chi connectivity index (χ0n) is 12.7. The third-order valence-electron chi connectivity index (χ3n) is 2.20. The predicted octanol–water partition coefficient (Wildman–Crippen LogP) is 3.14. The van der Waals surface area contributed by atoms with Crippen LogP contribution in [0.3, 0.4) is 0 Å². The third-order valence-corrected chi connectivity index (χ3v) is 2.20. The van der Waals surface area contributed by atoms with Gasteiger partial charge in [-0.2, -0.15) is 0 Å². The zero-order valence-corrected chi connectivity index (χ0v) is 12.7. The van der Waals surface area contributed by atoms with E-state index in [1.165, 1.54) is 24.3 Å². The van der Waals surface area contributed by atoms with Gasteiger partial charge >= 0.3 is 6.09 Å². The van der Waals surface area contributed by atoms with Crippen LogP contribution in [0.5, 0.6) is 5.75 Å². The van der Waals surface area contributed by atoms with Crippen molar-refractivity contribution in [1.82, 2.24) is 5.32 Å². The van der Waals surface area contributed by atoms with Gasteiger partial charge in [0, 0.05) is 12.1 Å². The largest absolute Gasteiger partial charge is 0.481 e. The van der Waals surface area contributed by atoms with E-state index in [1.807, 2.05) is 0 Å². The number of non-ortho nitro benzene ring substituents is 1. The summed E-state index contributed by atoms with van der Waals surface area (Å²) in [7, 11) is 0. The smallest absolute Gasteiger partial charge is 0.408 e. The van der Waals surface area contributed by atoms with Crippen molar-refractivity contribution in [3.8, 4) is 17.6 Å². The molecule has 0 bridgehead atoms. The topological polar surface area (TPSA) is 90.7 Å². The van der Waals surface area contributed by atoms with E-state index in [4.69, 9.17) is 9.47 Å². The molecule has 1 rings (SSSR count). The number of alkyl carbamates (subject to hydrolysis) is 1. The Balaban J connectivity index is 0.00000484. The number of carbonyl (C=O) groups is 1. The van der Waals surface area contributed by atoms with Crippen molar-refractivity contribution in [1.29, 1.82) is 0 Å². The van der Waals surface area contributed by atoms with E-state index >= 15 is 0 Å². The molecule has 0 atom stereocenters. The Morgan fingerprint density at radius 2 is 1.87 bits per heavy atom. The maximum atomic E-state index is 11.3. The van der Waals surface area contributed by atoms with Gasteiger partial charge in [0.25, 0.3) is 5.69 Å². The lowest BCUT2D eigenvalue weighted by Gasteiger charge is -2.18. The van der Waals surface area contributed by atoms with Crippen LogP contribution in [0, 0.1) is 22.0 Å². The highest BCUT2D eigenvalue weighted by Crippen LogP contribution is 2.16. The van der Waals surface area contributed by atoms with Gasteiger partial charge in [0.1, 0.15) is 18.0 Å². The summed E-state index contributed by atoms with van der Waals surface area (Å²) >= 11 is 0. The predicted molar refractivity (Wildman–Crippen MR) is 87.3 cm³/mol. The van der Waals surface area contributed by atoms with E-state index in [-0.39, 0.29) is 26.3 Å². The second-order valence-electron chi connectivity index (χ2n) is 5.25. The van der Waals surface area contributed by atoms with Crippen LogP contribution in [0.25, 0.3) is 0 Å². The standard InChI is InChI=1S/C15H18N2O5.CH4/c1-15(2,3)22-14(18)16-10-4-5-11-21-13-8-6-12(7-9-13)17(19)20;/h6-9H,10-11H2,1-3H3,(H,16,18);1H4. The molecular formula is C16H22N2O5. The monoisotopic (exact) mass is 322 g/mol. The number of nitro groups is 1. The lowest BCUT2D eigenvalue weighted by Crippen LogP contribution is -2.32. The molecule has 7 heteroatoms. The number of carbonyl (C=O) groups excluding carboxylic acids is 1. The molecule has 0 aliphatic carbocycles. The summed E-state index contributed by atoms with van der Waals surface area (Å²) in [6.45, 7) is 5.59. The Kier molecular flexibility index (Phi) is 8.19. The van der Waals surface area contributed by atoms with Crippen molar-refractivity contribution in [3.05, 3.63) is 34.4 Å². The molecule has 0 radical (unpaired) electrons. The Hall–Kier alpha value is -2.75. The molecule has 0 aliphatic heterocycles. The molecule has 0 saturated carbocycles. The molecule has 23 heavy (non-hydrogen) atoms. The fourth-order valence-corrected chi connectivity index (χ4v) is 1.33. The average molecular weight is 322 g/mol. The zero-order chi connectivity index (χ0) is 16.6. The molecular weight excluding hydrogens is 300 g/mol. The molecule has 1 N–H and O–H groups in total. The van der Waals surface area contributed by atoms with Crippen LogP contribution in [0.1, 0.15) is 28.2 Å². The Morgan fingerprint density at radius 1 is 1.26 bits per heavy atom. The van der Waals surface area contributed by atoms with E-state index in [2.05, 4.69) is 17.2 Å². The fourth-order valence-electron chi connectivity index (χ4n) is 1.33. The number of benzene rings is 1. The van der Waals surface area contributed by atoms with Gasteiger partial charge in [-0.05, 0) is 32.9 Å². The van der Waals surface area contributed by atoms with Crippen molar-refractivity contribution in [2.45, 2.75) is 33.8 Å². The summed E-state index contributed by atoms with van der Waals surface area (Å²) in [6.07, 6.45) is -0.530. The summed E-state index contributed by atoms with van der Waals surface area (Å²) in [5.74, 6) is 5.91. The lowest BCUT2D eigenvalue weighted by atomic mass is 10.2.